The van der Waals surface area contributed by atoms with Gasteiger partial charge in [-0.3, -0.25) is 4.79 Å². The number of amides is 1. The number of benzene rings is 1. The SMILES string of the molecule is COc1ncccc1C(=O)Nc1ccc(Nc2cc(C)nc(N3CCCC3)n2)cc1. The number of aryl methyl sites for hydroxylation is 1. The second-order valence-electron chi connectivity index (χ2n) is 7.11. The van der Waals surface area contributed by atoms with Crippen LogP contribution >= 0.6 is 0 Å². The van der Waals surface area contributed by atoms with Crippen molar-refractivity contribution < 1.29 is 9.53 Å². The van der Waals surface area contributed by atoms with Crippen LogP contribution in [0.1, 0.15) is 28.9 Å². The minimum Gasteiger partial charge on any atom is -0.480 e. The number of rotatable bonds is 6. The molecule has 0 saturated carbocycles. The zero-order valence-electron chi connectivity index (χ0n) is 17.1. The van der Waals surface area contributed by atoms with E-state index in [4.69, 9.17) is 4.74 Å². The minimum atomic E-state index is -0.276. The Morgan fingerprint density at radius 1 is 1.07 bits per heavy atom. The summed E-state index contributed by atoms with van der Waals surface area (Å²) in [5, 5.41) is 6.18. The average molecular weight is 404 g/mol. The van der Waals surface area contributed by atoms with Crippen LogP contribution in [0.5, 0.6) is 5.88 Å². The van der Waals surface area contributed by atoms with Gasteiger partial charge in [-0.15, -0.1) is 0 Å². The van der Waals surface area contributed by atoms with Gasteiger partial charge < -0.3 is 20.3 Å². The van der Waals surface area contributed by atoms with Crippen molar-refractivity contribution in [3.05, 3.63) is 59.9 Å². The molecule has 0 unspecified atom stereocenters. The number of ether oxygens (including phenoxy) is 1. The van der Waals surface area contributed by atoms with Crippen molar-refractivity contribution in [2.45, 2.75) is 19.8 Å². The quantitative estimate of drug-likeness (QED) is 0.646. The molecule has 1 fully saturated rings. The fourth-order valence-electron chi connectivity index (χ4n) is 3.38. The van der Waals surface area contributed by atoms with E-state index in [0.29, 0.717) is 17.1 Å². The monoisotopic (exact) mass is 404 g/mol. The molecule has 0 radical (unpaired) electrons. The van der Waals surface area contributed by atoms with Gasteiger partial charge in [-0.25, -0.2) is 9.97 Å². The van der Waals surface area contributed by atoms with Gasteiger partial charge in [0, 0.05) is 42.4 Å². The normalized spacial score (nSPS) is 13.2. The Kier molecular flexibility index (Phi) is 5.74. The van der Waals surface area contributed by atoms with Gasteiger partial charge in [-0.05, 0) is 56.2 Å². The molecule has 30 heavy (non-hydrogen) atoms. The van der Waals surface area contributed by atoms with Crippen molar-refractivity contribution in [2.24, 2.45) is 0 Å². The average Bonchev–Trinajstić information content (AvgIpc) is 3.30. The zero-order valence-corrected chi connectivity index (χ0v) is 17.1. The summed E-state index contributed by atoms with van der Waals surface area (Å²) in [7, 11) is 1.49. The van der Waals surface area contributed by atoms with Gasteiger partial charge in [0.25, 0.3) is 5.91 Å². The van der Waals surface area contributed by atoms with Crippen LogP contribution in [0, 0.1) is 6.92 Å². The minimum absolute atomic E-state index is 0.276. The fraction of sp³-hybridized carbons (Fsp3) is 0.273. The molecule has 1 saturated heterocycles. The van der Waals surface area contributed by atoms with Crippen LogP contribution in [0.4, 0.5) is 23.1 Å². The van der Waals surface area contributed by atoms with E-state index in [1.54, 1.807) is 18.3 Å². The lowest BCUT2D eigenvalue weighted by Gasteiger charge is -2.17. The first kappa shape index (κ1) is 19.6. The van der Waals surface area contributed by atoms with Gasteiger partial charge in [0.1, 0.15) is 11.4 Å². The number of pyridine rings is 1. The van der Waals surface area contributed by atoms with Gasteiger partial charge in [0.2, 0.25) is 11.8 Å². The van der Waals surface area contributed by atoms with Crippen molar-refractivity contribution >= 4 is 29.0 Å². The maximum absolute atomic E-state index is 12.5. The topological polar surface area (TPSA) is 92.3 Å². The van der Waals surface area contributed by atoms with E-state index in [1.165, 1.54) is 20.0 Å². The highest BCUT2D eigenvalue weighted by atomic mass is 16.5. The summed E-state index contributed by atoms with van der Waals surface area (Å²) in [5.74, 6) is 1.54. The molecule has 1 aliphatic heterocycles. The smallest absolute Gasteiger partial charge is 0.261 e. The van der Waals surface area contributed by atoms with Crippen molar-refractivity contribution in [1.29, 1.82) is 0 Å². The summed E-state index contributed by atoms with van der Waals surface area (Å²) in [5.41, 5.74) is 2.85. The van der Waals surface area contributed by atoms with Gasteiger partial charge in [-0.2, -0.15) is 4.98 Å². The van der Waals surface area contributed by atoms with Crippen LogP contribution in [0.15, 0.2) is 48.7 Å². The number of nitrogens with one attached hydrogen (secondary N) is 2. The Labute approximate surface area is 175 Å². The molecule has 1 aromatic carbocycles. The number of hydrogen-bond donors (Lipinski definition) is 2. The fourth-order valence-corrected chi connectivity index (χ4v) is 3.38. The van der Waals surface area contributed by atoms with Gasteiger partial charge in [0.05, 0.1) is 7.11 Å². The maximum atomic E-state index is 12.5. The number of anilines is 4. The van der Waals surface area contributed by atoms with Crippen molar-refractivity contribution in [2.75, 3.05) is 35.7 Å². The number of methoxy groups -OCH3 is 1. The molecule has 0 atom stereocenters. The highest BCUT2D eigenvalue weighted by Gasteiger charge is 2.16. The molecule has 1 aliphatic rings. The molecule has 1 amide bonds. The first-order chi connectivity index (χ1) is 14.6. The lowest BCUT2D eigenvalue weighted by Crippen LogP contribution is -2.21. The summed E-state index contributed by atoms with van der Waals surface area (Å²) >= 11 is 0. The van der Waals surface area contributed by atoms with Crippen LogP contribution < -0.4 is 20.3 Å². The van der Waals surface area contributed by atoms with Crippen LogP contribution in [0.2, 0.25) is 0 Å². The summed E-state index contributed by atoms with van der Waals surface area (Å²) in [6, 6.07) is 12.7. The van der Waals surface area contributed by atoms with E-state index in [9.17, 15) is 4.79 Å². The second kappa shape index (κ2) is 8.77. The number of aromatic nitrogens is 3. The number of nitrogens with zero attached hydrogens (tertiary/aromatic N) is 4. The number of hydrogen-bond acceptors (Lipinski definition) is 7. The van der Waals surface area contributed by atoms with Crippen molar-refractivity contribution in [1.82, 2.24) is 15.0 Å². The Bertz CT molecular complexity index is 1030. The van der Waals surface area contributed by atoms with Gasteiger partial charge in [0.15, 0.2) is 0 Å². The molecule has 4 rings (SSSR count). The lowest BCUT2D eigenvalue weighted by atomic mass is 10.2. The first-order valence-corrected chi connectivity index (χ1v) is 9.90. The third-order valence-corrected chi connectivity index (χ3v) is 4.86. The number of carbonyl (C=O) groups excluding carboxylic acids is 1. The van der Waals surface area contributed by atoms with Gasteiger partial charge >= 0.3 is 0 Å². The predicted molar refractivity (Wildman–Crippen MR) is 117 cm³/mol. The highest BCUT2D eigenvalue weighted by Crippen LogP contribution is 2.23. The zero-order chi connectivity index (χ0) is 20.9. The highest BCUT2D eigenvalue weighted by molar-refractivity contribution is 6.05. The van der Waals surface area contributed by atoms with Gasteiger partial charge in [-0.1, -0.05) is 0 Å². The summed E-state index contributed by atoms with van der Waals surface area (Å²) in [6.07, 6.45) is 3.94. The summed E-state index contributed by atoms with van der Waals surface area (Å²) < 4.78 is 5.15. The third kappa shape index (κ3) is 4.48. The number of carbonyl (C=O) groups is 1. The molecular formula is C22H24N6O2. The van der Waals surface area contributed by atoms with Crippen LogP contribution in [-0.2, 0) is 0 Å². The molecule has 2 N–H and O–H groups in total. The standard InChI is InChI=1S/C22H24N6O2/c1-15-14-19(27-22(24-15)28-12-3-4-13-28)25-16-7-9-17(10-8-16)26-20(29)18-6-5-11-23-21(18)30-2/h5-11,14H,3-4,12-13H2,1-2H3,(H,26,29)(H,24,25,27). The largest absolute Gasteiger partial charge is 0.480 e. The molecule has 8 heteroatoms. The first-order valence-electron chi connectivity index (χ1n) is 9.90. The Hall–Kier alpha value is -3.68. The lowest BCUT2D eigenvalue weighted by molar-refractivity contribution is 0.102. The molecular weight excluding hydrogens is 380 g/mol. The van der Waals surface area contributed by atoms with E-state index >= 15 is 0 Å². The summed E-state index contributed by atoms with van der Waals surface area (Å²) in [4.78, 5) is 28.0. The van der Waals surface area contributed by atoms with E-state index < -0.39 is 0 Å². The van der Waals surface area contributed by atoms with E-state index in [1.807, 2.05) is 37.3 Å². The molecule has 154 valence electrons. The molecule has 0 aliphatic carbocycles. The van der Waals surface area contributed by atoms with E-state index in [-0.39, 0.29) is 5.91 Å². The molecule has 0 bridgehead atoms. The van der Waals surface area contributed by atoms with Crippen LogP contribution in [0.25, 0.3) is 0 Å². The Balaban J connectivity index is 1.44. The molecule has 0 spiro atoms. The van der Waals surface area contributed by atoms with E-state index in [2.05, 4.69) is 30.5 Å². The van der Waals surface area contributed by atoms with Crippen LogP contribution in [-0.4, -0.2) is 41.1 Å². The predicted octanol–water partition coefficient (Wildman–Crippen LogP) is 3.78. The van der Waals surface area contributed by atoms with Crippen LogP contribution in [0.3, 0.4) is 0 Å². The Morgan fingerprint density at radius 3 is 2.53 bits per heavy atom. The summed E-state index contributed by atoms with van der Waals surface area (Å²) in [6.45, 7) is 3.97. The molecule has 8 nitrogen and oxygen atoms in total. The van der Waals surface area contributed by atoms with Crippen molar-refractivity contribution in [3.8, 4) is 5.88 Å². The Morgan fingerprint density at radius 2 is 1.80 bits per heavy atom. The molecule has 3 aromatic rings. The molecule has 3 heterocycles. The van der Waals surface area contributed by atoms with E-state index in [0.717, 1.165) is 36.2 Å². The van der Waals surface area contributed by atoms with Crippen molar-refractivity contribution in [3.63, 3.8) is 0 Å². The maximum Gasteiger partial charge on any atom is 0.261 e. The molecule has 2 aromatic heterocycles. The third-order valence-electron chi connectivity index (χ3n) is 4.86. The second-order valence-corrected chi connectivity index (χ2v) is 7.11.